The molecule has 0 amide bonds. The average Bonchev–Trinajstić information content (AvgIpc) is 2.90. The Kier molecular flexibility index (Phi) is 16.7. The van der Waals surface area contributed by atoms with Gasteiger partial charge < -0.3 is 9.47 Å². The third kappa shape index (κ3) is 16.3. The van der Waals surface area contributed by atoms with Gasteiger partial charge in [-0.05, 0) is 43.5 Å². The maximum Gasteiger partial charge on any atom is 0.390 e. The minimum absolute atomic E-state index is 0.0709. The zero-order chi connectivity index (χ0) is 28.3. The number of halogens is 5. The van der Waals surface area contributed by atoms with Gasteiger partial charge in [-0.1, -0.05) is 93.7 Å². The monoisotopic (exact) mass is 666 g/mol. The molecule has 4 nitrogen and oxygen atoms in total. The normalized spacial score (nSPS) is 13.3. The number of benzene rings is 1. The third-order valence-electron chi connectivity index (χ3n) is 6.43. The van der Waals surface area contributed by atoms with Gasteiger partial charge in [0.25, 0.3) is 0 Å². The van der Waals surface area contributed by atoms with Gasteiger partial charge in [0.05, 0.1) is 25.4 Å². The van der Waals surface area contributed by atoms with Crippen LogP contribution in [0.3, 0.4) is 0 Å². The molecule has 0 N–H and O–H groups in total. The van der Waals surface area contributed by atoms with Gasteiger partial charge in [0.1, 0.15) is 18.5 Å². The molecule has 1 heterocycles. The van der Waals surface area contributed by atoms with Crippen LogP contribution >= 0.6 is 22.6 Å². The fraction of sp³-hybridized carbons (Fsp3) is 0.667. The summed E-state index contributed by atoms with van der Waals surface area (Å²) in [7, 11) is 0. The minimum Gasteiger partial charge on any atom is -0.491 e. The van der Waals surface area contributed by atoms with Crippen LogP contribution in [0.15, 0.2) is 36.7 Å². The Balaban J connectivity index is 1.55. The highest BCUT2D eigenvalue weighted by Gasteiger charge is 2.30. The smallest absolute Gasteiger partial charge is 0.390 e. The third-order valence-corrected chi connectivity index (χ3v) is 7.49. The van der Waals surface area contributed by atoms with Crippen molar-refractivity contribution in [2.75, 3.05) is 13.2 Å². The molecule has 1 aromatic carbocycles. The lowest BCUT2D eigenvalue weighted by molar-refractivity contribution is -0.133. The topological polar surface area (TPSA) is 44.2 Å². The predicted molar refractivity (Wildman–Crippen MR) is 158 cm³/mol. The van der Waals surface area contributed by atoms with Crippen molar-refractivity contribution in [2.24, 2.45) is 0 Å². The van der Waals surface area contributed by atoms with Crippen LogP contribution in [0.2, 0.25) is 0 Å². The van der Waals surface area contributed by atoms with E-state index in [0.29, 0.717) is 36.8 Å². The first-order chi connectivity index (χ1) is 18.8. The lowest BCUT2D eigenvalue weighted by atomic mass is 10.1. The van der Waals surface area contributed by atoms with Gasteiger partial charge in [0.15, 0.2) is 11.6 Å². The summed E-state index contributed by atoms with van der Waals surface area (Å²) in [4.78, 5) is 8.78. The first-order valence-electron chi connectivity index (χ1n) is 14.3. The Morgan fingerprint density at radius 2 is 1.36 bits per heavy atom. The van der Waals surface area contributed by atoms with Crippen molar-refractivity contribution in [3.63, 3.8) is 0 Å². The van der Waals surface area contributed by atoms with E-state index in [4.69, 9.17) is 9.47 Å². The van der Waals surface area contributed by atoms with Crippen molar-refractivity contribution in [1.82, 2.24) is 9.97 Å². The zero-order valence-corrected chi connectivity index (χ0v) is 25.2. The molecule has 2 unspecified atom stereocenters. The van der Waals surface area contributed by atoms with E-state index in [1.54, 1.807) is 24.5 Å². The summed E-state index contributed by atoms with van der Waals surface area (Å²) in [5.41, 5.74) is 0.847. The molecule has 0 aliphatic carbocycles. The lowest BCUT2D eigenvalue weighted by Crippen LogP contribution is -2.14. The number of hydrogen-bond acceptors (Lipinski definition) is 4. The van der Waals surface area contributed by atoms with Crippen molar-refractivity contribution >= 4 is 22.6 Å². The molecule has 39 heavy (non-hydrogen) atoms. The van der Waals surface area contributed by atoms with Gasteiger partial charge >= 0.3 is 6.18 Å². The van der Waals surface area contributed by atoms with Crippen LogP contribution in [0.4, 0.5) is 17.6 Å². The molecule has 2 atom stereocenters. The van der Waals surface area contributed by atoms with Crippen LogP contribution in [-0.2, 0) is 0 Å². The van der Waals surface area contributed by atoms with E-state index in [9.17, 15) is 17.6 Å². The number of nitrogens with zero attached hydrogens (tertiary/aromatic N) is 2. The molecular formula is C30H43F4IN2O2. The Morgan fingerprint density at radius 1 is 0.769 bits per heavy atom. The molecule has 0 aliphatic rings. The second-order valence-corrected chi connectivity index (χ2v) is 11.8. The van der Waals surface area contributed by atoms with E-state index in [2.05, 4.69) is 16.9 Å². The standard InChI is InChI=1S/C30H43F4IN2O2/c1-2-3-4-10-13-25(31)23-39-27-17-15-24(16-18-27)29-36-21-28(22-37-29)38-19-12-9-7-5-6-8-11-14-26(35)20-30(32,33)34/h15-18,21-22,25-26H,2-14,19-20,23H2,1H3. The summed E-state index contributed by atoms with van der Waals surface area (Å²) in [5, 5.41) is 0. The fourth-order valence-corrected chi connectivity index (χ4v) is 5.14. The highest BCUT2D eigenvalue weighted by atomic mass is 127. The van der Waals surface area contributed by atoms with Crippen LogP contribution in [0, 0.1) is 0 Å². The van der Waals surface area contributed by atoms with Crippen LogP contribution in [0.5, 0.6) is 11.5 Å². The minimum atomic E-state index is -4.06. The van der Waals surface area contributed by atoms with Gasteiger partial charge in [-0.25, -0.2) is 14.4 Å². The second kappa shape index (κ2) is 19.4. The zero-order valence-electron chi connectivity index (χ0n) is 23.0. The average molecular weight is 667 g/mol. The molecule has 2 rings (SSSR count). The van der Waals surface area contributed by atoms with Crippen LogP contribution < -0.4 is 9.47 Å². The van der Waals surface area contributed by atoms with Gasteiger partial charge in [-0.3, -0.25) is 0 Å². The molecule has 0 radical (unpaired) electrons. The molecule has 0 aliphatic heterocycles. The molecule has 0 bridgehead atoms. The van der Waals surface area contributed by atoms with Crippen molar-refractivity contribution in [3.8, 4) is 22.9 Å². The molecule has 0 saturated heterocycles. The maximum absolute atomic E-state index is 14.0. The summed E-state index contributed by atoms with van der Waals surface area (Å²) < 4.78 is 62.0. The van der Waals surface area contributed by atoms with E-state index in [-0.39, 0.29) is 10.5 Å². The van der Waals surface area contributed by atoms with Crippen molar-refractivity contribution < 1.29 is 27.0 Å². The van der Waals surface area contributed by atoms with Gasteiger partial charge in [-0.2, -0.15) is 13.2 Å². The summed E-state index contributed by atoms with van der Waals surface area (Å²) in [6.07, 6.45) is 10.2. The Bertz CT molecular complexity index is 882. The second-order valence-electron chi connectivity index (χ2n) is 10.1. The molecule has 0 spiro atoms. The van der Waals surface area contributed by atoms with E-state index in [0.717, 1.165) is 76.2 Å². The SMILES string of the molecule is CCCCCCC(F)COc1ccc(-c2ncc(OCCCCCCCCCC(I)CC(F)(F)F)cn2)cc1. The highest BCUT2D eigenvalue weighted by Crippen LogP contribution is 2.28. The maximum atomic E-state index is 14.0. The number of hydrogen-bond donors (Lipinski definition) is 0. The molecule has 9 heteroatoms. The van der Waals surface area contributed by atoms with E-state index in [1.807, 2.05) is 34.7 Å². The molecule has 0 saturated carbocycles. The summed E-state index contributed by atoms with van der Waals surface area (Å²) in [6.45, 7) is 2.81. The number of rotatable bonds is 21. The van der Waals surface area contributed by atoms with Crippen LogP contribution in [0.25, 0.3) is 11.4 Å². The molecular weight excluding hydrogens is 623 g/mol. The van der Waals surface area contributed by atoms with E-state index < -0.39 is 18.8 Å². The van der Waals surface area contributed by atoms with Gasteiger partial charge in [-0.15, -0.1) is 0 Å². The van der Waals surface area contributed by atoms with Crippen molar-refractivity contribution in [2.45, 2.75) is 113 Å². The molecule has 1 aromatic heterocycles. The number of alkyl halides is 5. The van der Waals surface area contributed by atoms with Crippen molar-refractivity contribution in [3.05, 3.63) is 36.7 Å². The molecule has 220 valence electrons. The number of aromatic nitrogens is 2. The summed E-state index contributed by atoms with van der Waals surface area (Å²) in [5.74, 6) is 1.84. The Hall–Kier alpha value is -1.65. The van der Waals surface area contributed by atoms with Gasteiger partial charge in [0.2, 0.25) is 0 Å². The number of ether oxygens (including phenoxy) is 2. The highest BCUT2D eigenvalue weighted by molar-refractivity contribution is 14.1. The Labute approximate surface area is 244 Å². The van der Waals surface area contributed by atoms with Crippen LogP contribution in [-0.4, -0.2) is 39.5 Å². The van der Waals surface area contributed by atoms with Crippen LogP contribution in [0.1, 0.15) is 96.8 Å². The van der Waals surface area contributed by atoms with Crippen molar-refractivity contribution in [1.29, 1.82) is 0 Å². The molecule has 0 fully saturated rings. The van der Waals surface area contributed by atoms with E-state index >= 15 is 0 Å². The molecule has 2 aromatic rings. The fourth-order valence-electron chi connectivity index (χ4n) is 4.20. The number of unbranched alkanes of at least 4 members (excludes halogenated alkanes) is 9. The lowest BCUT2D eigenvalue weighted by Gasteiger charge is -2.12. The quantitative estimate of drug-likeness (QED) is 0.0576. The summed E-state index contributed by atoms with van der Waals surface area (Å²) in [6, 6.07) is 7.34. The Morgan fingerprint density at radius 3 is 2.00 bits per heavy atom. The first-order valence-corrected chi connectivity index (χ1v) is 15.5. The first kappa shape index (κ1) is 33.6. The largest absolute Gasteiger partial charge is 0.491 e. The van der Waals surface area contributed by atoms with Gasteiger partial charge in [0, 0.05) is 9.49 Å². The summed E-state index contributed by atoms with van der Waals surface area (Å²) >= 11 is 1.91. The van der Waals surface area contributed by atoms with E-state index in [1.165, 1.54) is 0 Å². The predicted octanol–water partition coefficient (Wildman–Crippen LogP) is 10.1.